The first-order valence-corrected chi connectivity index (χ1v) is 15.7. The van der Waals surface area contributed by atoms with E-state index in [1.165, 1.54) is 41.3 Å². The van der Waals surface area contributed by atoms with Crippen LogP contribution >= 0.6 is 7.26 Å². The summed E-state index contributed by atoms with van der Waals surface area (Å²) < 4.78 is 11.3. The molecule has 36 heavy (non-hydrogen) atoms. The zero-order valence-corrected chi connectivity index (χ0v) is 23.1. The Morgan fingerprint density at radius 2 is 1.03 bits per heavy atom. The van der Waals surface area contributed by atoms with Gasteiger partial charge in [0.2, 0.25) is 0 Å². The van der Waals surface area contributed by atoms with E-state index < -0.39 is 7.26 Å². The number of benzene rings is 3. The van der Waals surface area contributed by atoms with Gasteiger partial charge in [-0.1, -0.05) is 73.2 Å². The van der Waals surface area contributed by atoms with E-state index >= 15 is 0 Å². The van der Waals surface area contributed by atoms with Gasteiger partial charge in [0.25, 0.3) is 0 Å². The summed E-state index contributed by atoms with van der Waals surface area (Å²) in [4.78, 5) is 0. The Morgan fingerprint density at radius 3 is 1.47 bits per heavy atom. The Bertz CT molecular complexity index is 870. The molecule has 0 amide bonds. The van der Waals surface area contributed by atoms with Crippen LogP contribution in [0.4, 0.5) is 0 Å². The topological polar surface area (TPSA) is 18.5 Å². The lowest BCUT2D eigenvalue weighted by Gasteiger charge is -2.27. The third-order valence-electron chi connectivity index (χ3n) is 6.64. The average Bonchev–Trinajstić information content (AvgIpc) is 2.93. The maximum absolute atomic E-state index is 5.64. The third-order valence-corrected chi connectivity index (χ3v) is 11.2. The minimum absolute atomic E-state index is 0.0296. The Hall–Kier alpha value is -2.25. The third kappa shape index (κ3) is 8.41. The summed E-state index contributed by atoms with van der Waals surface area (Å²) >= 11 is 0. The summed E-state index contributed by atoms with van der Waals surface area (Å²) in [6.07, 6.45) is 14.0. The highest BCUT2D eigenvalue weighted by Crippen LogP contribution is 2.55. The number of unbranched alkanes of at least 4 members (excludes halogenated alkanes) is 4. The quantitative estimate of drug-likeness (QED) is 0.0814. The molecule has 2 nitrogen and oxygen atoms in total. The minimum Gasteiger partial charge on any atom is -0.353 e. The lowest BCUT2D eigenvalue weighted by molar-refractivity contribution is -0.140. The Balaban J connectivity index is 1.57. The van der Waals surface area contributed by atoms with Crippen molar-refractivity contribution in [3.8, 4) is 0 Å². The molecule has 0 bridgehead atoms. The van der Waals surface area contributed by atoms with Gasteiger partial charge in [-0.15, -0.1) is 0 Å². The maximum Gasteiger partial charge on any atom is 0.157 e. The molecule has 3 aromatic carbocycles. The summed E-state index contributed by atoms with van der Waals surface area (Å²) in [5.74, 6) is 0. The molecule has 0 heterocycles. The summed E-state index contributed by atoms with van der Waals surface area (Å²) in [6, 6.07) is 33.6. The molecule has 0 aliphatic rings. The fourth-order valence-corrected chi connectivity index (χ4v) is 9.27. The predicted octanol–water partition coefficient (Wildman–Crippen LogP) is 7.67. The second-order valence-corrected chi connectivity index (χ2v) is 12.7. The molecule has 0 unspecified atom stereocenters. The Kier molecular flexibility index (Phi) is 13.0. The van der Waals surface area contributed by atoms with E-state index in [1.54, 1.807) is 0 Å². The number of allylic oxidation sites excluding steroid dienone is 2. The molecule has 3 heteroatoms. The van der Waals surface area contributed by atoms with Gasteiger partial charge in [-0.2, -0.15) is 0 Å². The van der Waals surface area contributed by atoms with Crippen molar-refractivity contribution in [3.05, 3.63) is 103 Å². The largest absolute Gasteiger partial charge is 0.353 e. The molecule has 0 N–H and O–H groups in total. The predicted molar refractivity (Wildman–Crippen MR) is 159 cm³/mol. The summed E-state index contributed by atoms with van der Waals surface area (Å²) in [6.45, 7) is 5.50. The zero-order chi connectivity index (χ0) is 25.3. The smallest absolute Gasteiger partial charge is 0.157 e. The summed E-state index contributed by atoms with van der Waals surface area (Å²) in [5.41, 5.74) is 0. The van der Waals surface area contributed by atoms with Gasteiger partial charge < -0.3 is 9.47 Å². The second kappa shape index (κ2) is 16.5. The molecule has 0 fully saturated rings. The van der Waals surface area contributed by atoms with E-state index in [4.69, 9.17) is 9.47 Å². The summed E-state index contributed by atoms with van der Waals surface area (Å²) in [5, 5.41) is 4.43. The van der Waals surface area contributed by atoms with Gasteiger partial charge in [-0.3, -0.25) is 0 Å². The van der Waals surface area contributed by atoms with Gasteiger partial charge in [0.15, 0.2) is 6.29 Å². The molecule has 3 aromatic rings. The maximum atomic E-state index is 5.64. The fraction of sp³-hybridized carbons (Fsp3) is 0.394. The van der Waals surface area contributed by atoms with Crippen LogP contribution in [0.2, 0.25) is 0 Å². The Labute approximate surface area is 220 Å². The van der Waals surface area contributed by atoms with E-state index in [0.29, 0.717) is 0 Å². The monoisotopic (exact) mass is 503 g/mol. The lowest BCUT2D eigenvalue weighted by atomic mass is 10.1. The van der Waals surface area contributed by atoms with Crippen molar-refractivity contribution in [3.63, 3.8) is 0 Å². The molecule has 0 aliphatic heterocycles. The standard InChI is InChI=1S/C33H44O2P/c1-3-34-33(35-4-2)28-20-9-7-5-6-8-10-21-29-36(30-22-14-11-15-23-30,31-24-16-12-17-25-31)32-26-18-13-19-27-32/h6,8,11-19,22-27,33H,3-5,7,9-10,20-21,28-29H2,1-2H3/q+1/b8-6-. The lowest BCUT2D eigenvalue weighted by Crippen LogP contribution is -2.33. The normalized spacial score (nSPS) is 12.0. The number of rotatable bonds is 17. The van der Waals surface area contributed by atoms with E-state index in [0.717, 1.165) is 38.9 Å². The first kappa shape index (κ1) is 28.3. The molecule has 0 aromatic heterocycles. The first-order valence-electron chi connectivity index (χ1n) is 13.7. The number of hydrogen-bond acceptors (Lipinski definition) is 2. The van der Waals surface area contributed by atoms with Crippen LogP contribution in [-0.4, -0.2) is 25.7 Å². The molecule has 0 aliphatic carbocycles. The van der Waals surface area contributed by atoms with Crippen LogP contribution in [0.3, 0.4) is 0 Å². The molecule has 0 radical (unpaired) electrons. The minimum atomic E-state index is -1.70. The SMILES string of the molecule is CCOC(CCCCC/C=C\CCC[P+](c1ccccc1)(c1ccccc1)c1ccccc1)OCC. The van der Waals surface area contributed by atoms with Crippen molar-refractivity contribution in [1.29, 1.82) is 0 Å². The van der Waals surface area contributed by atoms with Gasteiger partial charge in [-0.05, 0) is 88.8 Å². The van der Waals surface area contributed by atoms with Crippen molar-refractivity contribution in [2.24, 2.45) is 0 Å². The molecule has 0 spiro atoms. The van der Waals surface area contributed by atoms with Crippen molar-refractivity contribution in [1.82, 2.24) is 0 Å². The molecule has 3 rings (SSSR count). The van der Waals surface area contributed by atoms with Crippen LogP contribution in [0, 0.1) is 0 Å². The molecule has 192 valence electrons. The molecule has 0 atom stereocenters. The van der Waals surface area contributed by atoms with Crippen molar-refractivity contribution in [2.75, 3.05) is 19.4 Å². The van der Waals surface area contributed by atoms with Gasteiger partial charge in [-0.25, -0.2) is 0 Å². The highest BCUT2D eigenvalue weighted by Gasteiger charge is 2.44. The molecular weight excluding hydrogens is 459 g/mol. The number of hydrogen-bond donors (Lipinski definition) is 0. The fourth-order valence-electron chi connectivity index (χ4n) is 4.90. The van der Waals surface area contributed by atoms with E-state index in [2.05, 4.69) is 103 Å². The second-order valence-electron chi connectivity index (χ2n) is 9.13. The van der Waals surface area contributed by atoms with Gasteiger partial charge in [0.1, 0.15) is 23.2 Å². The Morgan fingerprint density at radius 1 is 0.583 bits per heavy atom. The highest BCUT2D eigenvalue weighted by atomic mass is 31.2. The average molecular weight is 504 g/mol. The van der Waals surface area contributed by atoms with Crippen LogP contribution in [0.15, 0.2) is 103 Å². The van der Waals surface area contributed by atoms with E-state index in [-0.39, 0.29) is 6.29 Å². The molecule has 0 saturated carbocycles. The molecule has 0 saturated heterocycles. The van der Waals surface area contributed by atoms with Crippen LogP contribution in [0.5, 0.6) is 0 Å². The highest BCUT2D eigenvalue weighted by molar-refractivity contribution is 7.95. The van der Waals surface area contributed by atoms with Crippen LogP contribution in [0.25, 0.3) is 0 Å². The van der Waals surface area contributed by atoms with Crippen molar-refractivity contribution >= 4 is 23.2 Å². The van der Waals surface area contributed by atoms with Crippen LogP contribution in [-0.2, 0) is 9.47 Å². The van der Waals surface area contributed by atoms with Gasteiger partial charge in [0.05, 0.1) is 6.16 Å². The van der Waals surface area contributed by atoms with E-state index in [1.807, 2.05) is 13.8 Å². The number of ether oxygens (including phenoxy) is 2. The zero-order valence-electron chi connectivity index (χ0n) is 22.2. The van der Waals surface area contributed by atoms with Crippen LogP contribution < -0.4 is 15.9 Å². The molecular formula is C33H44O2P+. The first-order chi connectivity index (χ1) is 17.8. The summed E-state index contributed by atoms with van der Waals surface area (Å²) in [7, 11) is -1.70. The van der Waals surface area contributed by atoms with Gasteiger partial charge >= 0.3 is 0 Å². The van der Waals surface area contributed by atoms with E-state index in [9.17, 15) is 0 Å². The van der Waals surface area contributed by atoms with Crippen LogP contribution in [0.1, 0.15) is 58.8 Å². The van der Waals surface area contributed by atoms with Crippen molar-refractivity contribution < 1.29 is 9.47 Å². The van der Waals surface area contributed by atoms with Crippen molar-refractivity contribution in [2.45, 2.75) is 65.1 Å². The van der Waals surface area contributed by atoms with Gasteiger partial charge in [0, 0.05) is 13.2 Å².